The summed E-state index contributed by atoms with van der Waals surface area (Å²) in [5, 5.41) is 14.6. The van der Waals surface area contributed by atoms with Crippen molar-refractivity contribution in [3.8, 4) is 0 Å². The molecule has 188 valence electrons. The van der Waals surface area contributed by atoms with Crippen molar-refractivity contribution in [2.24, 2.45) is 10.7 Å². The van der Waals surface area contributed by atoms with Gasteiger partial charge in [0.2, 0.25) is 5.91 Å². The number of nitrogens with two attached hydrogens (primary N) is 1. The van der Waals surface area contributed by atoms with Gasteiger partial charge in [0, 0.05) is 13.0 Å². The monoisotopic (exact) mass is 480 g/mol. The lowest BCUT2D eigenvalue weighted by atomic mass is 10.0. The van der Waals surface area contributed by atoms with Gasteiger partial charge < -0.3 is 25.8 Å². The number of aliphatic imine (C=N–C) groups is 1. The molecule has 0 aliphatic heterocycles. The lowest BCUT2D eigenvalue weighted by molar-refractivity contribution is -0.525. The molecule has 0 aliphatic rings. The number of carbonyl (C=O) groups excluding carboxylic acids is 3. The highest BCUT2D eigenvalue weighted by Gasteiger charge is 2.29. The average Bonchev–Trinajstić information content (AvgIpc) is 2.73. The standard InChI is InChI=1S/C21H32N6O7/c1-21(2,3)34-20(30)25-16(13-14-9-6-5-7-10-14)17(28)24-15(18(29)33-4)11-8-12-23-19(22)26-27(31)32/h5-7,9-10,15-16H,8,11-13H2,1-4H3,(H,24,28)(H,25,30)(H3,22,23,26)/t15-,16-/m1/s1. The number of alkyl carbamates (subject to hydrolysis) is 1. The fourth-order valence-corrected chi connectivity index (χ4v) is 2.80. The molecule has 0 unspecified atom stereocenters. The van der Waals surface area contributed by atoms with Gasteiger partial charge in [0.15, 0.2) is 5.03 Å². The first-order valence-electron chi connectivity index (χ1n) is 10.5. The topological polar surface area (TPSA) is 187 Å². The van der Waals surface area contributed by atoms with Crippen molar-refractivity contribution < 1.29 is 28.9 Å². The van der Waals surface area contributed by atoms with Gasteiger partial charge in [-0.2, -0.15) is 0 Å². The molecular weight excluding hydrogens is 448 g/mol. The maximum Gasteiger partial charge on any atom is 0.408 e. The highest BCUT2D eigenvalue weighted by molar-refractivity contribution is 5.89. The van der Waals surface area contributed by atoms with E-state index in [1.54, 1.807) is 50.5 Å². The predicted molar refractivity (Wildman–Crippen MR) is 123 cm³/mol. The van der Waals surface area contributed by atoms with Crippen LogP contribution in [0.1, 0.15) is 39.2 Å². The van der Waals surface area contributed by atoms with Gasteiger partial charge in [-0.05, 0) is 39.2 Å². The summed E-state index contributed by atoms with van der Waals surface area (Å²) in [5.41, 5.74) is 7.07. The van der Waals surface area contributed by atoms with E-state index >= 15 is 0 Å². The van der Waals surface area contributed by atoms with Crippen LogP contribution in [0, 0.1) is 10.1 Å². The van der Waals surface area contributed by atoms with Crippen LogP contribution in [0.2, 0.25) is 0 Å². The van der Waals surface area contributed by atoms with E-state index in [1.165, 1.54) is 7.11 Å². The Morgan fingerprint density at radius 3 is 2.35 bits per heavy atom. The van der Waals surface area contributed by atoms with Gasteiger partial charge in [-0.25, -0.2) is 24.7 Å². The number of nitrogens with zero attached hydrogens (tertiary/aromatic N) is 2. The van der Waals surface area contributed by atoms with Crippen LogP contribution in [0.4, 0.5) is 4.79 Å². The number of ether oxygens (including phenoxy) is 2. The van der Waals surface area contributed by atoms with Gasteiger partial charge in [0.25, 0.3) is 5.96 Å². The highest BCUT2D eigenvalue weighted by atomic mass is 16.7. The smallest absolute Gasteiger partial charge is 0.408 e. The first kappa shape index (κ1) is 28.1. The maximum atomic E-state index is 13.0. The highest BCUT2D eigenvalue weighted by Crippen LogP contribution is 2.10. The Morgan fingerprint density at radius 1 is 1.15 bits per heavy atom. The molecule has 2 amide bonds. The number of methoxy groups -OCH3 is 1. The number of carbonyl (C=O) groups is 3. The molecule has 1 aromatic carbocycles. The van der Waals surface area contributed by atoms with Crippen molar-refractivity contribution >= 4 is 23.9 Å². The zero-order valence-corrected chi connectivity index (χ0v) is 19.7. The molecule has 0 spiro atoms. The largest absolute Gasteiger partial charge is 0.467 e. The first-order chi connectivity index (χ1) is 15.9. The second-order valence-corrected chi connectivity index (χ2v) is 8.25. The number of esters is 1. The molecular formula is C21H32N6O7. The van der Waals surface area contributed by atoms with Crippen LogP contribution in [0.25, 0.3) is 0 Å². The summed E-state index contributed by atoms with van der Waals surface area (Å²) in [7, 11) is 1.18. The van der Waals surface area contributed by atoms with Gasteiger partial charge in [-0.15, -0.1) is 0 Å². The molecule has 13 nitrogen and oxygen atoms in total. The Bertz CT molecular complexity index is 870. The Hall–Kier alpha value is -3.90. The van der Waals surface area contributed by atoms with Crippen LogP contribution in [0.3, 0.4) is 0 Å². The van der Waals surface area contributed by atoms with Crippen LogP contribution < -0.4 is 21.8 Å². The van der Waals surface area contributed by atoms with Crippen molar-refractivity contribution in [1.82, 2.24) is 16.1 Å². The average molecular weight is 481 g/mol. The minimum atomic E-state index is -1.03. The predicted octanol–water partition coefficient (Wildman–Crippen LogP) is 0.656. The molecule has 0 saturated heterocycles. The third kappa shape index (κ3) is 11.6. The first-order valence-corrected chi connectivity index (χ1v) is 10.5. The number of hydrogen-bond donors (Lipinski definition) is 4. The molecule has 34 heavy (non-hydrogen) atoms. The second kappa shape index (κ2) is 13.6. The van der Waals surface area contributed by atoms with Crippen LogP contribution in [0.5, 0.6) is 0 Å². The molecule has 2 atom stereocenters. The zero-order valence-electron chi connectivity index (χ0n) is 19.7. The third-order valence-electron chi connectivity index (χ3n) is 4.23. The summed E-state index contributed by atoms with van der Waals surface area (Å²) < 4.78 is 10.0. The quantitative estimate of drug-likeness (QED) is 0.0880. The lowest BCUT2D eigenvalue weighted by Crippen LogP contribution is -2.53. The minimum absolute atomic E-state index is 0.0691. The fraction of sp³-hybridized carbons (Fsp3) is 0.524. The normalized spacial score (nSPS) is 13.2. The van der Waals surface area contributed by atoms with Crippen molar-refractivity contribution in [3.63, 3.8) is 0 Å². The molecule has 0 aliphatic carbocycles. The van der Waals surface area contributed by atoms with E-state index in [9.17, 15) is 24.5 Å². The summed E-state index contributed by atoms with van der Waals surface area (Å²) in [6.45, 7) is 5.16. The zero-order chi connectivity index (χ0) is 25.7. The van der Waals surface area contributed by atoms with Gasteiger partial charge >= 0.3 is 12.1 Å². The maximum absolute atomic E-state index is 13.0. The number of hydrazine groups is 1. The number of benzene rings is 1. The SMILES string of the molecule is COC(=O)[C@@H](CCCN=C(N)N[N+](=O)[O-])NC(=O)[C@@H](Cc1ccccc1)NC(=O)OC(C)(C)C. The molecule has 0 aromatic heterocycles. The van der Waals surface area contributed by atoms with E-state index in [4.69, 9.17) is 15.2 Å². The molecule has 0 bridgehead atoms. The van der Waals surface area contributed by atoms with E-state index in [1.807, 2.05) is 6.07 Å². The summed E-state index contributed by atoms with van der Waals surface area (Å²) in [6.07, 6.45) is -0.227. The van der Waals surface area contributed by atoms with E-state index in [0.29, 0.717) is 0 Å². The number of rotatable bonds is 11. The molecule has 0 fully saturated rings. The van der Waals surface area contributed by atoms with Gasteiger partial charge in [-0.1, -0.05) is 35.8 Å². The van der Waals surface area contributed by atoms with Crippen LogP contribution in [-0.4, -0.2) is 60.3 Å². The number of amides is 2. The van der Waals surface area contributed by atoms with Crippen molar-refractivity contribution in [2.45, 2.75) is 57.7 Å². The Kier molecular flexibility index (Phi) is 11.3. The van der Waals surface area contributed by atoms with Crippen molar-refractivity contribution in [1.29, 1.82) is 0 Å². The van der Waals surface area contributed by atoms with Crippen LogP contribution in [0.15, 0.2) is 35.3 Å². The van der Waals surface area contributed by atoms with Gasteiger partial charge in [0.05, 0.1) is 7.11 Å². The molecule has 5 N–H and O–H groups in total. The molecule has 0 heterocycles. The third-order valence-corrected chi connectivity index (χ3v) is 4.23. The van der Waals surface area contributed by atoms with Crippen LogP contribution in [-0.2, 0) is 25.5 Å². The van der Waals surface area contributed by atoms with Gasteiger partial charge in [0.1, 0.15) is 17.7 Å². The molecule has 1 rings (SSSR count). The van der Waals surface area contributed by atoms with E-state index < -0.39 is 40.7 Å². The molecule has 0 saturated carbocycles. The van der Waals surface area contributed by atoms with Gasteiger partial charge in [-0.3, -0.25) is 4.79 Å². The van der Waals surface area contributed by atoms with Crippen LogP contribution >= 0.6 is 0 Å². The van der Waals surface area contributed by atoms with Crippen molar-refractivity contribution in [2.75, 3.05) is 13.7 Å². The minimum Gasteiger partial charge on any atom is -0.467 e. The Labute approximate surface area is 197 Å². The fourth-order valence-electron chi connectivity index (χ4n) is 2.80. The van der Waals surface area contributed by atoms with E-state index in [0.717, 1.165) is 5.56 Å². The Balaban J connectivity index is 2.88. The number of nitro groups is 1. The van der Waals surface area contributed by atoms with Crippen molar-refractivity contribution in [3.05, 3.63) is 46.0 Å². The summed E-state index contributed by atoms with van der Waals surface area (Å²) >= 11 is 0. The molecule has 1 aromatic rings. The van der Waals surface area contributed by atoms with E-state index in [-0.39, 0.29) is 31.8 Å². The number of hydrogen-bond acceptors (Lipinski definition) is 8. The second-order valence-electron chi connectivity index (χ2n) is 8.25. The Morgan fingerprint density at radius 2 is 1.79 bits per heavy atom. The van der Waals surface area contributed by atoms with E-state index in [2.05, 4.69) is 15.6 Å². The molecule has 13 heteroatoms. The number of guanidine groups is 1. The number of nitrogens with one attached hydrogen (secondary N) is 3. The summed E-state index contributed by atoms with van der Waals surface area (Å²) in [6, 6.07) is 6.97. The summed E-state index contributed by atoms with van der Waals surface area (Å²) in [4.78, 5) is 51.6. The summed E-state index contributed by atoms with van der Waals surface area (Å²) in [5.74, 6) is -1.68. The molecule has 0 radical (unpaired) electrons. The lowest BCUT2D eigenvalue weighted by Gasteiger charge is -2.25.